The normalized spacial score (nSPS) is 13.2. The average molecular weight is 754 g/mol. The predicted molar refractivity (Wildman–Crippen MR) is 215 cm³/mol. The Morgan fingerprint density at radius 2 is 1.46 bits per heavy atom. The fourth-order valence-corrected chi connectivity index (χ4v) is 7.59. The third kappa shape index (κ3) is 8.90. The number of pyridine rings is 1. The molecule has 1 atom stereocenters. The molecule has 5 rings (SSSR count). The van der Waals surface area contributed by atoms with Crippen molar-refractivity contribution in [2.75, 3.05) is 41.1 Å². The molecule has 0 spiro atoms. The van der Waals surface area contributed by atoms with E-state index in [4.69, 9.17) is 23.4 Å². The summed E-state index contributed by atoms with van der Waals surface area (Å²) in [5, 5.41) is 2.93. The highest BCUT2D eigenvalue weighted by atomic mass is 28.4. The highest BCUT2D eigenvalue weighted by Gasteiger charge is 2.38. The summed E-state index contributed by atoms with van der Waals surface area (Å²) in [5.74, 6) is 0.988. The van der Waals surface area contributed by atoms with Crippen LogP contribution in [-0.2, 0) is 20.5 Å². The lowest BCUT2D eigenvalue weighted by Crippen LogP contribution is -2.52. The molecule has 0 aliphatic heterocycles. The van der Waals surface area contributed by atoms with E-state index in [0.717, 1.165) is 33.4 Å². The number of alkyl carbamates (subject to hydrolysis) is 1. The van der Waals surface area contributed by atoms with Gasteiger partial charge in [-0.3, -0.25) is 9.78 Å². The van der Waals surface area contributed by atoms with Gasteiger partial charge in [-0.1, -0.05) is 83.1 Å². The van der Waals surface area contributed by atoms with Crippen LogP contribution in [0.4, 0.5) is 4.79 Å². The van der Waals surface area contributed by atoms with Crippen LogP contribution in [0.3, 0.4) is 0 Å². The van der Waals surface area contributed by atoms with Gasteiger partial charge in [-0.25, -0.2) is 4.79 Å². The summed E-state index contributed by atoms with van der Waals surface area (Å²) >= 11 is 0. The second kappa shape index (κ2) is 17.1. The van der Waals surface area contributed by atoms with E-state index in [9.17, 15) is 9.59 Å². The number of carbonyl (C=O) groups excluding carboxylic acids is 2. The summed E-state index contributed by atoms with van der Waals surface area (Å²) in [7, 11) is 2.61. The molecule has 1 heterocycles. The van der Waals surface area contributed by atoms with Gasteiger partial charge in [0.15, 0.2) is 19.8 Å². The standard InChI is InChI=1S/C43H55N3O7Si/c1-28(2)39(45-42(48)52-27-35-33-17-13-11-15-31(33)32-16-12-14-18-34(32)35)41(47)46(21-22-53-54(9,10)43(3,4)5)26-29-19-20-44-36(23-29)30-24-37(49-6)40(51-8)38(25-30)50-7/h11-20,23-25,28,35,39H,21-22,26-27H2,1-10H3,(H,45,48)/t39-/m1/s1. The molecule has 3 aromatic carbocycles. The Labute approximate surface area is 321 Å². The Balaban J connectivity index is 1.36. The van der Waals surface area contributed by atoms with Crippen molar-refractivity contribution < 1.29 is 33.0 Å². The molecular weight excluding hydrogens is 699 g/mol. The fourth-order valence-electron chi connectivity index (χ4n) is 6.55. The topological polar surface area (TPSA) is 108 Å². The Bertz CT molecular complexity index is 1870. The van der Waals surface area contributed by atoms with Gasteiger partial charge >= 0.3 is 6.09 Å². The lowest BCUT2D eigenvalue weighted by atomic mass is 9.98. The molecule has 0 fully saturated rings. The van der Waals surface area contributed by atoms with Crippen molar-refractivity contribution in [3.05, 3.63) is 95.7 Å². The number of carbonyl (C=O) groups is 2. The van der Waals surface area contributed by atoms with E-state index in [1.54, 1.807) is 32.4 Å². The number of nitrogens with one attached hydrogen (secondary N) is 1. The van der Waals surface area contributed by atoms with Crippen LogP contribution in [0, 0.1) is 5.92 Å². The smallest absolute Gasteiger partial charge is 0.407 e. The zero-order valence-electron chi connectivity index (χ0n) is 33.3. The van der Waals surface area contributed by atoms with Crippen LogP contribution in [0.15, 0.2) is 79.0 Å². The molecule has 11 heteroatoms. The third-order valence-corrected chi connectivity index (χ3v) is 15.2. The minimum absolute atomic E-state index is 0.00838. The molecule has 1 aromatic heterocycles. The van der Waals surface area contributed by atoms with Crippen LogP contribution < -0.4 is 19.5 Å². The number of hydrogen-bond donors (Lipinski definition) is 1. The van der Waals surface area contributed by atoms with Crippen LogP contribution in [0.1, 0.15) is 57.2 Å². The molecule has 0 radical (unpaired) electrons. The van der Waals surface area contributed by atoms with E-state index in [-0.39, 0.29) is 35.9 Å². The fraction of sp³-hybridized carbons (Fsp3) is 0.419. The van der Waals surface area contributed by atoms with E-state index in [2.05, 4.69) is 68.4 Å². The molecule has 54 heavy (non-hydrogen) atoms. The summed E-state index contributed by atoms with van der Waals surface area (Å²) in [6.45, 7) is 15.9. The number of methoxy groups -OCH3 is 3. The molecule has 0 saturated heterocycles. The van der Waals surface area contributed by atoms with Crippen LogP contribution in [-0.4, -0.2) is 77.3 Å². The number of hydrogen-bond acceptors (Lipinski definition) is 8. The van der Waals surface area contributed by atoms with E-state index >= 15 is 0 Å². The number of nitrogens with zero attached hydrogens (tertiary/aromatic N) is 2. The number of amides is 2. The molecule has 2 amide bonds. The monoisotopic (exact) mass is 753 g/mol. The minimum atomic E-state index is -2.10. The van der Waals surface area contributed by atoms with Gasteiger partial charge in [-0.15, -0.1) is 0 Å². The molecule has 0 bridgehead atoms. The van der Waals surface area contributed by atoms with E-state index < -0.39 is 20.5 Å². The van der Waals surface area contributed by atoms with Crippen molar-refractivity contribution in [3.63, 3.8) is 0 Å². The summed E-state index contributed by atoms with van der Waals surface area (Å²) in [6, 6.07) is 23.1. The minimum Gasteiger partial charge on any atom is -0.493 e. The Morgan fingerprint density at radius 1 is 0.870 bits per heavy atom. The quantitative estimate of drug-likeness (QED) is 0.120. The highest BCUT2D eigenvalue weighted by molar-refractivity contribution is 6.74. The molecule has 288 valence electrons. The van der Waals surface area contributed by atoms with Gasteiger partial charge in [0.25, 0.3) is 0 Å². The number of aromatic nitrogens is 1. The average Bonchev–Trinajstić information content (AvgIpc) is 3.47. The number of rotatable bonds is 15. The third-order valence-electron chi connectivity index (χ3n) is 10.6. The maximum Gasteiger partial charge on any atom is 0.407 e. The Hall–Kier alpha value is -4.87. The lowest BCUT2D eigenvalue weighted by molar-refractivity contribution is -0.135. The van der Waals surface area contributed by atoms with Gasteiger partial charge in [0.05, 0.1) is 33.6 Å². The van der Waals surface area contributed by atoms with E-state index in [1.807, 2.05) is 62.4 Å². The first-order valence-electron chi connectivity index (χ1n) is 18.5. The lowest BCUT2D eigenvalue weighted by Gasteiger charge is -2.37. The van der Waals surface area contributed by atoms with Crippen molar-refractivity contribution in [1.29, 1.82) is 0 Å². The molecule has 10 nitrogen and oxygen atoms in total. The van der Waals surface area contributed by atoms with Crippen molar-refractivity contribution >= 4 is 20.3 Å². The molecule has 0 unspecified atom stereocenters. The second-order valence-electron chi connectivity index (χ2n) is 15.5. The van der Waals surface area contributed by atoms with Crippen LogP contribution in [0.2, 0.25) is 18.1 Å². The molecule has 1 aliphatic carbocycles. The number of benzene rings is 3. The van der Waals surface area contributed by atoms with E-state index in [0.29, 0.717) is 36.1 Å². The first kappa shape index (κ1) is 40.3. The van der Waals surface area contributed by atoms with Crippen LogP contribution >= 0.6 is 0 Å². The Kier molecular flexibility index (Phi) is 12.7. The molecule has 4 aromatic rings. The Morgan fingerprint density at radius 3 is 2.00 bits per heavy atom. The van der Waals surface area contributed by atoms with Crippen molar-refractivity contribution in [2.45, 2.75) is 71.3 Å². The SMILES string of the molecule is COc1cc(-c2cc(CN(CCO[Si](C)(C)C(C)(C)C)C(=O)[C@H](NC(=O)OCC3c4ccccc4-c4ccccc43)C(C)C)ccn2)cc(OC)c1OC. The molecular formula is C43H55N3O7Si. The maximum atomic E-state index is 14.5. The largest absolute Gasteiger partial charge is 0.493 e. The summed E-state index contributed by atoms with van der Waals surface area (Å²) in [5.41, 5.74) is 6.85. The zero-order chi connectivity index (χ0) is 39.2. The summed E-state index contributed by atoms with van der Waals surface area (Å²) in [4.78, 5) is 34.4. The second-order valence-corrected chi connectivity index (χ2v) is 20.3. The summed E-state index contributed by atoms with van der Waals surface area (Å²) in [6.07, 6.45) is 1.09. The van der Waals surface area contributed by atoms with Crippen LogP contribution in [0.5, 0.6) is 17.2 Å². The van der Waals surface area contributed by atoms with Crippen molar-refractivity contribution in [2.24, 2.45) is 5.92 Å². The van der Waals surface area contributed by atoms with Crippen molar-refractivity contribution in [3.8, 4) is 39.6 Å². The first-order chi connectivity index (χ1) is 25.7. The van der Waals surface area contributed by atoms with Crippen LogP contribution in [0.25, 0.3) is 22.4 Å². The van der Waals surface area contributed by atoms with E-state index in [1.165, 1.54) is 0 Å². The van der Waals surface area contributed by atoms with Gasteiger partial charge in [-0.05, 0) is 76.1 Å². The predicted octanol–water partition coefficient (Wildman–Crippen LogP) is 8.69. The maximum absolute atomic E-state index is 14.5. The first-order valence-corrected chi connectivity index (χ1v) is 21.4. The van der Waals surface area contributed by atoms with Crippen molar-refractivity contribution in [1.82, 2.24) is 15.2 Å². The number of ether oxygens (including phenoxy) is 4. The van der Waals surface area contributed by atoms with Gasteiger partial charge in [0, 0.05) is 30.8 Å². The molecule has 0 saturated carbocycles. The van der Waals surface area contributed by atoms with Gasteiger partial charge in [-0.2, -0.15) is 0 Å². The van der Waals surface area contributed by atoms with Gasteiger partial charge in [0.2, 0.25) is 11.7 Å². The zero-order valence-corrected chi connectivity index (χ0v) is 34.3. The summed E-state index contributed by atoms with van der Waals surface area (Å²) < 4.78 is 29.1. The van der Waals surface area contributed by atoms with Gasteiger partial charge in [0.1, 0.15) is 12.6 Å². The number of fused-ring (bicyclic) bond motifs is 3. The molecule has 1 aliphatic rings. The van der Waals surface area contributed by atoms with Gasteiger partial charge < -0.3 is 33.6 Å². The molecule has 1 N–H and O–H groups in total. The highest BCUT2D eigenvalue weighted by Crippen LogP contribution is 2.45.